The molecule has 0 saturated carbocycles. The fraction of sp³-hybridized carbons (Fsp3) is 0.812. The van der Waals surface area contributed by atoms with Crippen molar-refractivity contribution in [3.63, 3.8) is 0 Å². The summed E-state index contributed by atoms with van der Waals surface area (Å²) in [4.78, 5) is 11.3. The van der Waals surface area contributed by atoms with Gasteiger partial charge in [-0.15, -0.1) is 0 Å². The Hall–Kier alpha value is -0.830. The molecule has 0 heterocycles. The molecule has 0 aliphatic rings. The Morgan fingerprint density at radius 3 is 2.53 bits per heavy atom. The van der Waals surface area contributed by atoms with E-state index in [0.717, 1.165) is 58.2 Å². The summed E-state index contributed by atoms with van der Waals surface area (Å²) < 4.78 is 10.4. The quantitative estimate of drug-likeness (QED) is 0.285. The molecule has 0 aromatic carbocycles. The molecule has 0 rings (SSSR count). The van der Waals surface area contributed by atoms with Crippen LogP contribution in [-0.2, 0) is 14.3 Å². The Morgan fingerprint density at radius 2 is 1.79 bits per heavy atom. The molecule has 0 unspecified atom stereocenters. The van der Waals surface area contributed by atoms with Gasteiger partial charge in [-0.25, -0.2) is 0 Å². The monoisotopic (exact) mass is 270 g/mol. The van der Waals surface area contributed by atoms with Crippen LogP contribution in [0, 0.1) is 0 Å². The average Bonchev–Trinajstić information content (AvgIpc) is 2.41. The highest BCUT2D eigenvalue weighted by atomic mass is 16.5. The second-order valence-electron chi connectivity index (χ2n) is 4.72. The van der Waals surface area contributed by atoms with E-state index in [0.29, 0.717) is 13.0 Å². The first-order valence-corrected chi connectivity index (χ1v) is 7.69. The number of allylic oxidation sites excluding steroid dienone is 1. The smallest absolute Gasteiger partial charge is 0.305 e. The highest BCUT2D eigenvalue weighted by Crippen LogP contribution is 2.05. The van der Waals surface area contributed by atoms with Crippen LogP contribution in [0.4, 0.5) is 0 Å². The van der Waals surface area contributed by atoms with Gasteiger partial charge >= 0.3 is 5.97 Å². The van der Waals surface area contributed by atoms with E-state index in [1.54, 1.807) is 0 Å². The first-order valence-electron chi connectivity index (χ1n) is 7.69. The first-order chi connectivity index (χ1) is 9.31. The van der Waals surface area contributed by atoms with Crippen molar-refractivity contribution >= 4 is 5.97 Å². The minimum Gasteiger partial charge on any atom is -0.466 e. The van der Waals surface area contributed by atoms with E-state index in [1.807, 2.05) is 0 Å². The summed E-state index contributed by atoms with van der Waals surface area (Å²) >= 11 is 0. The summed E-state index contributed by atoms with van der Waals surface area (Å²) in [6, 6.07) is 0. The molecular weight excluding hydrogens is 240 g/mol. The maximum absolute atomic E-state index is 11.3. The summed E-state index contributed by atoms with van der Waals surface area (Å²) in [6.45, 7) is 6.34. The maximum atomic E-state index is 11.3. The van der Waals surface area contributed by atoms with Gasteiger partial charge in [0, 0.05) is 13.0 Å². The minimum absolute atomic E-state index is 0.0445. The van der Waals surface area contributed by atoms with Gasteiger partial charge in [-0.05, 0) is 32.1 Å². The van der Waals surface area contributed by atoms with Crippen LogP contribution in [0.3, 0.4) is 0 Å². The van der Waals surface area contributed by atoms with Crippen LogP contribution in [0.15, 0.2) is 12.2 Å². The lowest BCUT2D eigenvalue weighted by Gasteiger charge is -2.03. The number of carbonyl (C=O) groups is 1. The number of hydrogen-bond donors (Lipinski definition) is 0. The molecule has 0 fully saturated rings. The Kier molecular flexibility index (Phi) is 14.6. The molecule has 0 saturated heterocycles. The molecule has 0 atom stereocenters. The second kappa shape index (κ2) is 15.2. The largest absolute Gasteiger partial charge is 0.466 e. The van der Waals surface area contributed by atoms with E-state index in [1.165, 1.54) is 0 Å². The van der Waals surface area contributed by atoms with Crippen LogP contribution in [0.25, 0.3) is 0 Å². The number of hydrogen-bond acceptors (Lipinski definition) is 3. The second-order valence-corrected chi connectivity index (χ2v) is 4.72. The molecule has 112 valence electrons. The zero-order valence-corrected chi connectivity index (χ0v) is 12.7. The van der Waals surface area contributed by atoms with Crippen molar-refractivity contribution in [2.24, 2.45) is 0 Å². The molecule has 0 amide bonds. The molecule has 0 N–H and O–H groups in total. The van der Waals surface area contributed by atoms with Crippen molar-refractivity contribution < 1.29 is 14.3 Å². The molecule has 0 aromatic rings. The summed E-state index contributed by atoms with van der Waals surface area (Å²) in [7, 11) is 0. The van der Waals surface area contributed by atoms with Crippen molar-refractivity contribution in [3.05, 3.63) is 12.2 Å². The lowest BCUT2D eigenvalue weighted by Crippen LogP contribution is -2.05. The normalized spacial score (nSPS) is 11.1. The number of ether oxygens (including phenoxy) is 2. The summed E-state index contributed by atoms with van der Waals surface area (Å²) in [5, 5.41) is 0. The van der Waals surface area contributed by atoms with Crippen LogP contribution < -0.4 is 0 Å². The number of unbranched alkanes of at least 4 members (excludes halogenated alkanes) is 4. The SMILES string of the molecule is CCCCOC(=O)CCCCCC=CCOCCC. The zero-order valence-electron chi connectivity index (χ0n) is 12.7. The van der Waals surface area contributed by atoms with Gasteiger partial charge in [-0.2, -0.15) is 0 Å². The summed E-state index contributed by atoms with van der Waals surface area (Å²) in [5.41, 5.74) is 0. The van der Waals surface area contributed by atoms with Gasteiger partial charge < -0.3 is 9.47 Å². The molecule has 19 heavy (non-hydrogen) atoms. The van der Waals surface area contributed by atoms with Gasteiger partial charge in [-0.3, -0.25) is 4.79 Å². The van der Waals surface area contributed by atoms with Gasteiger partial charge in [0.15, 0.2) is 0 Å². The minimum atomic E-state index is -0.0445. The van der Waals surface area contributed by atoms with Crippen molar-refractivity contribution in [1.82, 2.24) is 0 Å². The number of esters is 1. The lowest BCUT2D eigenvalue weighted by atomic mass is 10.1. The van der Waals surface area contributed by atoms with Crippen molar-refractivity contribution in [1.29, 1.82) is 0 Å². The van der Waals surface area contributed by atoms with Gasteiger partial charge in [-0.1, -0.05) is 38.8 Å². The highest BCUT2D eigenvalue weighted by Gasteiger charge is 2.01. The van der Waals surface area contributed by atoms with Crippen LogP contribution in [-0.4, -0.2) is 25.8 Å². The molecule has 0 aliphatic heterocycles. The fourth-order valence-electron chi connectivity index (χ4n) is 1.59. The standard InChI is InChI=1S/C16H30O3/c1-3-5-15-19-16(17)12-10-8-6-7-9-11-14-18-13-4-2/h9,11H,3-8,10,12-15H2,1-2H3. The van der Waals surface area contributed by atoms with Gasteiger partial charge in [0.05, 0.1) is 13.2 Å². The van der Waals surface area contributed by atoms with E-state index in [4.69, 9.17) is 9.47 Å². The molecule has 0 bridgehead atoms. The third-order valence-electron chi connectivity index (χ3n) is 2.74. The third-order valence-corrected chi connectivity index (χ3v) is 2.74. The van der Waals surface area contributed by atoms with E-state index in [2.05, 4.69) is 26.0 Å². The predicted molar refractivity (Wildman–Crippen MR) is 79.2 cm³/mol. The van der Waals surface area contributed by atoms with Gasteiger partial charge in [0.25, 0.3) is 0 Å². The maximum Gasteiger partial charge on any atom is 0.305 e. The Morgan fingerprint density at radius 1 is 0.947 bits per heavy atom. The molecule has 0 aromatic heterocycles. The average molecular weight is 270 g/mol. The van der Waals surface area contributed by atoms with E-state index in [9.17, 15) is 4.79 Å². The summed E-state index contributed by atoms with van der Waals surface area (Å²) in [6.07, 6.45) is 12.1. The van der Waals surface area contributed by atoms with Crippen LogP contribution in [0.2, 0.25) is 0 Å². The predicted octanol–water partition coefficient (Wildman–Crippen LogP) is 4.26. The number of rotatable bonds is 13. The molecule has 0 spiro atoms. The van der Waals surface area contributed by atoms with Crippen molar-refractivity contribution in [2.75, 3.05) is 19.8 Å². The zero-order chi connectivity index (χ0) is 14.2. The molecule has 0 radical (unpaired) electrons. The molecular formula is C16H30O3. The van der Waals surface area contributed by atoms with Crippen LogP contribution in [0.1, 0.15) is 65.2 Å². The fourth-order valence-corrected chi connectivity index (χ4v) is 1.59. The van der Waals surface area contributed by atoms with Gasteiger partial charge in [0.1, 0.15) is 0 Å². The molecule has 3 heteroatoms. The Balaban J connectivity index is 3.19. The topological polar surface area (TPSA) is 35.5 Å². The van der Waals surface area contributed by atoms with E-state index < -0.39 is 0 Å². The van der Waals surface area contributed by atoms with E-state index >= 15 is 0 Å². The molecule has 0 aliphatic carbocycles. The van der Waals surface area contributed by atoms with Crippen molar-refractivity contribution in [3.8, 4) is 0 Å². The Labute approximate surface area is 118 Å². The number of carbonyl (C=O) groups excluding carboxylic acids is 1. The lowest BCUT2D eigenvalue weighted by molar-refractivity contribution is -0.143. The molecule has 3 nitrogen and oxygen atoms in total. The summed E-state index contributed by atoms with van der Waals surface area (Å²) in [5.74, 6) is -0.0445. The third kappa shape index (κ3) is 15.1. The first kappa shape index (κ1) is 18.2. The Bertz CT molecular complexity index is 224. The van der Waals surface area contributed by atoms with Crippen LogP contribution >= 0.6 is 0 Å². The highest BCUT2D eigenvalue weighted by molar-refractivity contribution is 5.69. The van der Waals surface area contributed by atoms with Crippen LogP contribution in [0.5, 0.6) is 0 Å². The van der Waals surface area contributed by atoms with Gasteiger partial charge in [0.2, 0.25) is 0 Å². The van der Waals surface area contributed by atoms with Crippen molar-refractivity contribution in [2.45, 2.75) is 65.2 Å². The van der Waals surface area contributed by atoms with E-state index in [-0.39, 0.29) is 5.97 Å².